The third-order valence-electron chi connectivity index (χ3n) is 4.00. The van der Waals surface area contributed by atoms with Crippen molar-refractivity contribution in [1.29, 1.82) is 0 Å². The number of nitrogens with zero attached hydrogens (tertiary/aromatic N) is 3. The fraction of sp³-hybridized carbons (Fsp3) is 0.294. The van der Waals surface area contributed by atoms with Gasteiger partial charge in [0, 0.05) is 18.0 Å². The summed E-state index contributed by atoms with van der Waals surface area (Å²) in [7, 11) is 1.41. The van der Waals surface area contributed by atoms with Crippen LogP contribution < -0.4 is 5.73 Å². The Hall–Kier alpha value is -2.76. The quantitative estimate of drug-likeness (QED) is 0.688. The number of methoxy groups -OCH3 is 1. The summed E-state index contributed by atoms with van der Waals surface area (Å²) in [6.45, 7) is 0. The number of fused-ring (bicyclic) bond motifs is 1. The number of aliphatic imine (C=N–C) groups is 1. The molecule has 118 valence electrons. The van der Waals surface area contributed by atoms with E-state index in [2.05, 4.69) is 15.0 Å². The molecule has 1 saturated carbocycles. The number of carbonyl (C=O) groups excluding carboxylic acids is 1. The van der Waals surface area contributed by atoms with Gasteiger partial charge in [-0.25, -0.2) is 4.98 Å². The largest absolute Gasteiger partial charge is 0.469 e. The molecule has 0 atom stereocenters. The summed E-state index contributed by atoms with van der Waals surface area (Å²) in [5.41, 5.74) is 8.74. The zero-order chi connectivity index (χ0) is 16.2. The lowest BCUT2D eigenvalue weighted by molar-refractivity contribution is -0.148. The van der Waals surface area contributed by atoms with Crippen LogP contribution in [0.15, 0.2) is 41.7 Å². The average Bonchev–Trinajstić information content (AvgIpc) is 2.56. The summed E-state index contributed by atoms with van der Waals surface area (Å²) in [6.07, 6.45) is 6.29. The number of esters is 1. The number of benzene rings is 1. The van der Waals surface area contributed by atoms with Crippen molar-refractivity contribution in [3.05, 3.63) is 42.4 Å². The van der Waals surface area contributed by atoms with E-state index in [0.29, 0.717) is 24.1 Å². The van der Waals surface area contributed by atoms with E-state index in [4.69, 9.17) is 10.5 Å². The van der Waals surface area contributed by atoms with Crippen molar-refractivity contribution in [2.75, 3.05) is 7.11 Å². The predicted octanol–water partition coefficient (Wildman–Crippen LogP) is 1.95. The van der Waals surface area contributed by atoms with Crippen molar-refractivity contribution in [1.82, 2.24) is 9.97 Å². The first-order chi connectivity index (χ1) is 11.2. The fourth-order valence-corrected chi connectivity index (χ4v) is 2.55. The van der Waals surface area contributed by atoms with Crippen LogP contribution in [0.4, 0.5) is 0 Å². The maximum Gasteiger partial charge on any atom is 0.308 e. The van der Waals surface area contributed by atoms with Crippen LogP contribution in [0, 0.1) is 5.92 Å². The van der Waals surface area contributed by atoms with Gasteiger partial charge in [-0.05, 0) is 25.0 Å². The molecule has 1 fully saturated rings. The van der Waals surface area contributed by atoms with Crippen LogP contribution in [-0.2, 0) is 9.53 Å². The molecule has 0 radical (unpaired) electrons. The number of hydrogen-bond donors (Lipinski definition) is 1. The highest BCUT2D eigenvalue weighted by Gasteiger charge is 2.34. The highest BCUT2D eigenvalue weighted by molar-refractivity contribution is 6.09. The SMILES string of the molecule is COC(=O)C1CC(N=CC(=CN)c2cnc3ccccc3n2)C1. The molecule has 0 spiro atoms. The molecule has 3 rings (SSSR count). The molecule has 0 aliphatic heterocycles. The second-order valence-electron chi connectivity index (χ2n) is 5.49. The number of hydrogen-bond acceptors (Lipinski definition) is 6. The summed E-state index contributed by atoms with van der Waals surface area (Å²) < 4.78 is 4.72. The molecule has 1 aromatic heterocycles. The van der Waals surface area contributed by atoms with E-state index in [1.165, 1.54) is 13.3 Å². The van der Waals surface area contributed by atoms with Crippen molar-refractivity contribution >= 4 is 28.8 Å². The van der Waals surface area contributed by atoms with E-state index < -0.39 is 0 Å². The van der Waals surface area contributed by atoms with Crippen molar-refractivity contribution < 1.29 is 9.53 Å². The first kappa shape index (κ1) is 15.1. The molecule has 1 aliphatic carbocycles. The Morgan fingerprint density at radius 2 is 2.09 bits per heavy atom. The molecule has 1 heterocycles. The molecule has 1 aromatic carbocycles. The lowest BCUT2D eigenvalue weighted by Crippen LogP contribution is -2.34. The second-order valence-corrected chi connectivity index (χ2v) is 5.49. The Morgan fingerprint density at radius 3 is 2.78 bits per heavy atom. The van der Waals surface area contributed by atoms with Gasteiger partial charge in [-0.2, -0.15) is 0 Å². The standard InChI is InChI=1S/C17H18N4O2/c1-23-17(22)11-6-13(7-11)19-9-12(8-18)16-10-20-14-4-2-3-5-15(14)21-16/h2-5,8-11,13H,6-7,18H2,1H3. The highest BCUT2D eigenvalue weighted by Crippen LogP contribution is 2.31. The number of nitrogens with two attached hydrogens (primary N) is 1. The number of rotatable bonds is 4. The molecular formula is C17H18N4O2. The van der Waals surface area contributed by atoms with Gasteiger partial charge in [0.2, 0.25) is 0 Å². The number of ether oxygens (including phenoxy) is 1. The van der Waals surface area contributed by atoms with E-state index in [0.717, 1.165) is 11.0 Å². The minimum Gasteiger partial charge on any atom is -0.469 e. The third kappa shape index (κ3) is 3.21. The molecule has 0 unspecified atom stereocenters. The summed E-state index contributed by atoms with van der Waals surface area (Å²) in [4.78, 5) is 24.8. The van der Waals surface area contributed by atoms with Gasteiger partial charge in [-0.15, -0.1) is 0 Å². The third-order valence-corrected chi connectivity index (χ3v) is 4.00. The maximum absolute atomic E-state index is 11.4. The van der Waals surface area contributed by atoms with Gasteiger partial charge in [-0.3, -0.25) is 14.8 Å². The van der Waals surface area contributed by atoms with E-state index >= 15 is 0 Å². The summed E-state index contributed by atoms with van der Waals surface area (Å²) in [6, 6.07) is 7.79. The highest BCUT2D eigenvalue weighted by atomic mass is 16.5. The Labute approximate surface area is 134 Å². The van der Waals surface area contributed by atoms with Gasteiger partial charge in [0.25, 0.3) is 0 Å². The van der Waals surface area contributed by atoms with Crippen molar-refractivity contribution in [2.45, 2.75) is 18.9 Å². The maximum atomic E-state index is 11.4. The van der Waals surface area contributed by atoms with Gasteiger partial charge >= 0.3 is 5.97 Å². The Kier molecular flexibility index (Phi) is 4.32. The molecule has 6 nitrogen and oxygen atoms in total. The number of carbonyl (C=O) groups is 1. The Balaban J connectivity index is 1.70. The minimum atomic E-state index is -0.161. The number of aromatic nitrogens is 2. The summed E-state index contributed by atoms with van der Waals surface area (Å²) in [5, 5.41) is 0. The lowest BCUT2D eigenvalue weighted by Gasteiger charge is -2.29. The first-order valence-corrected chi connectivity index (χ1v) is 7.46. The van der Waals surface area contributed by atoms with Gasteiger partial charge in [0.05, 0.1) is 42.0 Å². The Morgan fingerprint density at radius 1 is 1.35 bits per heavy atom. The average molecular weight is 310 g/mol. The van der Waals surface area contributed by atoms with Crippen LogP contribution in [0.2, 0.25) is 0 Å². The molecule has 2 N–H and O–H groups in total. The summed E-state index contributed by atoms with van der Waals surface area (Å²) >= 11 is 0. The zero-order valence-electron chi connectivity index (χ0n) is 12.8. The van der Waals surface area contributed by atoms with Gasteiger partial charge in [0.15, 0.2) is 0 Å². The summed E-state index contributed by atoms with van der Waals surface area (Å²) in [5.74, 6) is -0.195. The van der Waals surface area contributed by atoms with Crippen LogP contribution in [0.1, 0.15) is 18.5 Å². The molecule has 0 amide bonds. The molecule has 1 aliphatic rings. The van der Waals surface area contributed by atoms with Crippen LogP contribution >= 0.6 is 0 Å². The lowest BCUT2D eigenvalue weighted by atomic mass is 9.81. The van der Waals surface area contributed by atoms with Crippen molar-refractivity contribution in [3.8, 4) is 0 Å². The van der Waals surface area contributed by atoms with Crippen LogP contribution in [0.25, 0.3) is 16.6 Å². The smallest absolute Gasteiger partial charge is 0.308 e. The molecule has 23 heavy (non-hydrogen) atoms. The molecule has 0 bridgehead atoms. The fourth-order valence-electron chi connectivity index (χ4n) is 2.55. The monoisotopic (exact) mass is 310 g/mol. The number of para-hydroxylation sites is 2. The zero-order valence-corrected chi connectivity index (χ0v) is 12.8. The normalized spacial score (nSPS) is 21.3. The van der Waals surface area contributed by atoms with E-state index in [1.807, 2.05) is 24.3 Å². The minimum absolute atomic E-state index is 0.0343. The van der Waals surface area contributed by atoms with E-state index in [9.17, 15) is 4.79 Å². The van der Waals surface area contributed by atoms with Crippen LogP contribution in [0.3, 0.4) is 0 Å². The topological polar surface area (TPSA) is 90.5 Å². The van der Waals surface area contributed by atoms with Crippen molar-refractivity contribution in [2.24, 2.45) is 16.6 Å². The van der Waals surface area contributed by atoms with E-state index in [1.54, 1.807) is 12.4 Å². The van der Waals surface area contributed by atoms with Gasteiger partial charge in [0.1, 0.15) is 0 Å². The van der Waals surface area contributed by atoms with Crippen LogP contribution in [-0.4, -0.2) is 35.3 Å². The van der Waals surface area contributed by atoms with Crippen molar-refractivity contribution in [3.63, 3.8) is 0 Å². The van der Waals surface area contributed by atoms with Gasteiger partial charge in [-0.1, -0.05) is 12.1 Å². The van der Waals surface area contributed by atoms with E-state index in [-0.39, 0.29) is 17.9 Å². The first-order valence-electron chi connectivity index (χ1n) is 7.46. The Bertz CT molecular complexity index is 779. The molecular weight excluding hydrogens is 292 g/mol. The number of allylic oxidation sites excluding steroid dienone is 1. The second kappa shape index (κ2) is 6.56. The van der Waals surface area contributed by atoms with Gasteiger partial charge < -0.3 is 10.5 Å². The van der Waals surface area contributed by atoms with Crippen LogP contribution in [0.5, 0.6) is 0 Å². The molecule has 0 saturated heterocycles. The molecule has 2 aromatic rings. The predicted molar refractivity (Wildman–Crippen MR) is 88.7 cm³/mol. The molecule has 6 heteroatoms.